The summed E-state index contributed by atoms with van der Waals surface area (Å²) < 4.78 is 5.28. The Kier molecular flexibility index (Phi) is 7.73. The van der Waals surface area contributed by atoms with Gasteiger partial charge in [-0.1, -0.05) is 51.1 Å². The lowest BCUT2D eigenvalue weighted by Crippen LogP contribution is -2.30. The SMILES string of the molecule is CCNCC(C(=O)Nc1ccc2cnccc2c1)c1ccc(COC(=O)C(C)C)cc1. The van der Waals surface area contributed by atoms with Crippen LogP contribution in [0.1, 0.15) is 37.8 Å². The van der Waals surface area contributed by atoms with Gasteiger partial charge in [0.1, 0.15) is 6.61 Å². The van der Waals surface area contributed by atoms with Gasteiger partial charge in [-0.15, -0.1) is 0 Å². The van der Waals surface area contributed by atoms with Crippen LogP contribution < -0.4 is 10.6 Å². The monoisotopic (exact) mass is 419 g/mol. The zero-order chi connectivity index (χ0) is 22.2. The molecule has 1 heterocycles. The van der Waals surface area contributed by atoms with Crippen LogP contribution in [0.25, 0.3) is 10.8 Å². The van der Waals surface area contributed by atoms with Gasteiger partial charge in [0.25, 0.3) is 0 Å². The van der Waals surface area contributed by atoms with E-state index in [-0.39, 0.29) is 30.3 Å². The van der Waals surface area contributed by atoms with E-state index in [0.29, 0.717) is 6.54 Å². The fourth-order valence-corrected chi connectivity index (χ4v) is 3.21. The summed E-state index contributed by atoms with van der Waals surface area (Å²) in [5.74, 6) is -0.799. The summed E-state index contributed by atoms with van der Waals surface area (Å²) >= 11 is 0. The largest absolute Gasteiger partial charge is 0.461 e. The molecule has 6 nitrogen and oxygen atoms in total. The molecule has 6 heteroatoms. The third-order valence-electron chi connectivity index (χ3n) is 5.06. The number of hydrogen-bond donors (Lipinski definition) is 2. The molecule has 162 valence electrons. The predicted octanol–water partition coefficient (Wildman–Crippen LogP) is 4.27. The van der Waals surface area contributed by atoms with E-state index in [9.17, 15) is 9.59 Å². The van der Waals surface area contributed by atoms with Gasteiger partial charge in [-0.25, -0.2) is 0 Å². The Morgan fingerprint density at radius 3 is 2.52 bits per heavy atom. The number of anilines is 1. The standard InChI is InChI=1S/C25H29N3O3/c1-4-26-15-23(19-7-5-18(6-8-19)16-31-25(30)17(2)3)24(29)28-22-10-9-21-14-27-12-11-20(21)13-22/h5-14,17,23,26H,4,15-16H2,1-3H3,(H,28,29). The van der Waals surface area contributed by atoms with Crippen molar-refractivity contribution in [1.29, 1.82) is 0 Å². The van der Waals surface area contributed by atoms with Crippen molar-refractivity contribution in [2.24, 2.45) is 5.92 Å². The summed E-state index contributed by atoms with van der Waals surface area (Å²) in [6.07, 6.45) is 3.54. The van der Waals surface area contributed by atoms with E-state index in [1.807, 2.05) is 69.3 Å². The molecule has 2 N–H and O–H groups in total. The van der Waals surface area contributed by atoms with Gasteiger partial charge in [0, 0.05) is 30.0 Å². The van der Waals surface area contributed by atoms with Crippen molar-refractivity contribution in [2.75, 3.05) is 18.4 Å². The minimum absolute atomic E-state index is 0.0756. The summed E-state index contributed by atoms with van der Waals surface area (Å²) in [7, 11) is 0. The number of benzene rings is 2. The van der Waals surface area contributed by atoms with E-state index in [4.69, 9.17) is 4.74 Å². The van der Waals surface area contributed by atoms with Gasteiger partial charge in [-0.2, -0.15) is 0 Å². The number of nitrogens with zero attached hydrogens (tertiary/aromatic N) is 1. The lowest BCUT2D eigenvalue weighted by atomic mass is 9.96. The number of amides is 1. The molecule has 3 aromatic rings. The lowest BCUT2D eigenvalue weighted by molar-refractivity contribution is -0.148. The lowest BCUT2D eigenvalue weighted by Gasteiger charge is -2.18. The number of carbonyl (C=O) groups is 2. The van der Waals surface area contributed by atoms with Gasteiger partial charge in [0.2, 0.25) is 5.91 Å². The van der Waals surface area contributed by atoms with E-state index in [2.05, 4.69) is 15.6 Å². The molecule has 1 amide bonds. The average molecular weight is 420 g/mol. The molecule has 0 aliphatic heterocycles. The Hall–Kier alpha value is -3.25. The first-order valence-corrected chi connectivity index (χ1v) is 10.6. The van der Waals surface area contributed by atoms with E-state index in [1.54, 1.807) is 12.4 Å². The maximum Gasteiger partial charge on any atom is 0.308 e. The first kappa shape index (κ1) is 22.4. The van der Waals surface area contributed by atoms with Crippen molar-refractivity contribution in [2.45, 2.75) is 33.3 Å². The van der Waals surface area contributed by atoms with Crippen LogP contribution in [-0.4, -0.2) is 29.9 Å². The summed E-state index contributed by atoms with van der Waals surface area (Å²) in [5, 5.41) is 8.36. The number of fused-ring (bicyclic) bond motifs is 1. The van der Waals surface area contributed by atoms with E-state index in [1.165, 1.54) is 0 Å². The average Bonchev–Trinajstić information content (AvgIpc) is 2.78. The van der Waals surface area contributed by atoms with Crippen LogP contribution in [0.15, 0.2) is 60.9 Å². The van der Waals surface area contributed by atoms with Gasteiger partial charge in [0.05, 0.1) is 11.8 Å². The van der Waals surface area contributed by atoms with Crippen molar-refractivity contribution in [1.82, 2.24) is 10.3 Å². The minimum atomic E-state index is -0.347. The van der Waals surface area contributed by atoms with Crippen LogP contribution in [0.2, 0.25) is 0 Å². The van der Waals surface area contributed by atoms with Crippen LogP contribution >= 0.6 is 0 Å². The Bertz CT molecular complexity index is 1030. The molecule has 31 heavy (non-hydrogen) atoms. The van der Waals surface area contributed by atoms with Gasteiger partial charge in [0.15, 0.2) is 0 Å². The van der Waals surface area contributed by atoms with Crippen molar-refractivity contribution < 1.29 is 14.3 Å². The summed E-state index contributed by atoms with van der Waals surface area (Å²) in [6.45, 7) is 7.16. The molecule has 1 aromatic heterocycles. The van der Waals surface area contributed by atoms with Crippen molar-refractivity contribution in [3.05, 3.63) is 72.1 Å². The maximum atomic E-state index is 13.1. The molecule has 0 aliphatic rings. The molecule has 0 spiro atoms. The van der Waals surface area contributed by atoms with E-state index >= 15 is 0 Å². The molecule has 0 aliphatic carbocycles. The molecule has 1 unspecified atom stereocenters. The topological polar surface area (TPSA) is 80.3 Å². The highest BCUT2D eigenvalue weighted by Crippen LogP contribution is 2.22. The molecule has 0 fully saturated rings. The molecule has 0 saturated heterocycles. The number of aromatic nitrogens is 1. The molecule has 0 radical (unpaired) electrons. The Balaban J connectivity index is 1.72. The predicted molar refractivity (Wildman–Crippen MR) is 123 cm³/mol. The van der Waals surface area contributed by atoms with Gasteiger partial charge < -0.3 is 15.4 Å². The number of pyridine rings is 1. The zero-order valence-electron chi connectivity index (χ0n) is 18.2. The number of rotatable bonds is 9. The van der Waals surface area contributed by atoms with E-state index < -0.39 is 0 Å². The second-order valence-electron chi connectivity index (χ2n) is 7.79. The maximum absolute atomic E-state index is 13.1. The third kappa shape index (κ3) is 6.12. The van der Waals surface area contributed by atoms with Gasteiger partial charge in [-0.3, -0.25) is 14.6 Å². The van der Waals surface area contributed by atoms with Gasteiger partial charge in [-0.05, 0) is 41.3 Å². The first-order valence-electron chi connectivity index (χ1n) is 10.6. The second kappa shape index (κ2) is 10.7. The van der Waals surface area contributed by atoms with Crippen LogP contribution in [0, 0.1) is 5.92 Å². The van der Waals surface area contributed by atoms with Crippen molar-refractivity contribution in [3.63, 3.8) is 0 Å². The van der Waals surface area contributed by atoms with Crippen LogP contribution in [0.4, 0.5) is 5.69 Å². The van der Waals surface area contributed by atoms with Gasteiger partial charge >= 0.3 is 5.97 Å². The Morgan fingerprint density at radius 2 is 1.81 bits per heavy atom. The van der Waals surface area contributed by atoms with Crippen molar-refractivity contribution in [3.8, 4) is 0 Å². The Morgan fingerprint density at radius 1 is 1.03 bits per heavy atom. The molecule has 2 aromatic carbocycles. The minimum Gasteiger partial charge on any atom is -0.461 e. The van der Waals surface area contributed by atoms with Crippen LogP contribution in [0.5, 0.6) is 0 Å². The van der Waals surface area contributed by atoms with Crippen LogP contribution in [-0.2, 0) is 20.9 Å². The highest BCUT2D eigenvalue weighted by Gasteiger charge is 2.21. The van der Waals surface area contributed by atoms with E-state index in [0.717, 1.165) is 34.1 Å². The highest BCUT2D eigenvalue weighted by atomic mass is 16.5. The van der Waals surface area contributed by atoms with Crippen molar-refractivity contribution >= 4 is 28.3 Å². The summed E-state index contributed by atoms with van der Waals surface area (Å²) in [4.78, 5) is 28.9. The quantitative estimate of drug-likeness (QED) is 0.507. The third-order valence-corrected chi connectivity index (χ3v) is 5.06. The second-order valence-corrected chi connectivity index (χ2v) is 7.79. The number of carbonyl (C=O) groups excluding carboxylic acids is 2. The molecular formula is C25H29N3O3. The number of ether oxygens (including phenoxy) is 1. The normalized spacial score (nSPS) is 12.0. The molecule has 0 bridgehead atoms. The molecular weight excluding hydrogens is 390 g/mol. The number of esters is 1. The smallest absolute Gasteiger partial charge is 0.308 e. The highest BCUT2D eigenvalue weighted by molar-refractivity contribution is 5.98. The zero-order valence-corrected chi connectivity index (χ0v) is 18.2. The number of hydrogen-bond acceptors (Lipinski definition) is 5. The summed E-state index contributed by atoms with van der Waals surface area (Å²) in [6, 6.07) is 15.4. The molecule has 1 atom stereocenters. The summed E-state index contributed by atoms with van der Waals surface area (Å²) in [5.41, 5.74) is 2.55. The van der Waals surface area contributed by atoms with Crippen LogP contribution in [0.3, 0.4) is 0 Å². The molecule has 0 saturated carbocycles. The first-order chi connectivity index (χ1) is 15.0. The Labute approximate surface area is 183 Å². The molecule has 3 rings (SSSR count). The number of nitrogens with one attached hydrogen (secondary N) is 2. The fraction of sp³-hybridized carbons (Fsp3) is 0.320. The number of likely N-dealkylation sites (N-methyl/N-ethyl adjacent to an activating group) is 1. The fourth-order valence-electron chi connectivity index (χ4n) is 3.21.